The molecule has 5 rings (SSSR count). The molecule has 2 aromatic heterocycles. The number of anilines is 2. The minimum absolute atomic E-state index is 0.0342. The van der Waals surface area contributed by atoms with Crippen molar-refractivity contribution in [2.75, 3.05) is 37.9 Å². The summed E-state index contributed by atoms with van der Waals surface area (Å²) >= 11 is 0. The smallest absolute Gasteiger partial charge is 0.232 e. The van der Waals surface area contributed by atoms with Crippen LogP contribution in [0, 0.1) is 0 Å². The highest BCUT2D eigenvalue weighted by Crippen LogP contribution is 2.43. The van der Waals surface area contributed by atoms with Crippen molar-refractivity contribution >= 4 is 28.5 Å². The van der Waals surface area contributed by atoms with Gasteiger partial charge in [-0.25, -0.2) is 9.97 Å². The second-order valence-electron chi connectivity index (χ2n) is 9.70. The Bertz CT molecular complexity index is 1550. The molecule has 0 bridgehead atoms. The van der Waals surface area contributed by atoms with Crippen LogP contribution in [-0.2, 0) is 4.79 Å². The van der Waals surface area contributed by atoms with Crippen molar-refractivity contribution in [1.82, 2.24) is 9.97 Å². The second-order valence-corrected chi connectivity index (χ2v) is 9.70. The molecule has 0 aliphatic carbocycles. The second kappa shape index (κ2) is 11.9. The van der Waals surface area contributed by atoms with E-state index in [0.29, 0.717) is 34.8 Å². The number of amides is 1. The largest absolute Gasteiger partial charge is 0.437 e. The average molecular weight is 523 g/mol. The third-order valence-corrected chi connectivity index (χ3v) is 6.51. The predicted octanol–water partition coefficient (Wildman–Crippen LogP) is 4.18. The first-order valence-corrected chi connectivity index (χ1v) is 13.0. The maximum Gasteiger partial charge on any atom is 0.232 e. The van der Waals surface area contributed by atoms with Crippen LogP contribution in [0.25, 0.3) is 33.6 Å². The maximum atomic E-state index is 12.6. The number of aliphatic hydroxyl groups is 1. The number of benzene rings is 3. The molecule has 8 nitrogen and oxygen atoms in total. The number of fused-ring (bicyclic) bond motifs is 1. The topological polar surface area (TPSA) is 105 Å². The van der Waals surface area contributed by atoms with Crippen molar-refractivity contribution in [1.29, 1.82) is 0 Å². The molecule has 1 amide bonds. The van der Waals surface area contributed by atoms with E-state index in [0.717, 1.165) is 28.8 Å². The zero-order chi connectivity index (χ0) is 27.2. The zero-order valence-corrected chi connectivity index (χ0v) is 22.0. The number of carbonyl (C=O) groups is 1. The quantitative estimate of drug-likeness (QED) is 0.219. The average Bonchev–Trinajstić information content (AvgIpc) is 3.36. The Hall–Kier alpha value is -4.53. The molecule has 5 aromatic rings. The fourth-order valence-electron chi connectivity index (χ4n) is 4.54. The van der Waals surface area contributed by atoms with Crippen molar-refractivity contribution in [3.8, 4) is 22.5 Å². The van der Waals surface area contributed by atoms with E-state index < -0.39 is 0 Å². The predicted molar refractivity (Wildman–Crippen MR) is 153 cm³/mol. The number of furan rings is 1. The van der Waals surface area contributed by atoms with Crippen LogP contribution in [0.15, 0.2) is 95.7 Å². The van der Waals surface area contributed by atoms with Gasteiger partial charge in [0.05, 0.1) is 45.1 Å². The summed E-state index contributed by atoms with van der Waals surface area (Å²) in [6.45, 7) is 0.625. The lowest BCUT2D eigenvalue weighted by Crippen LogP contribution is -3.05. The van der Waals surface area contributed by atoms with Crippen molar-refractivity contribution in [2.24, 2.45) is 0 Å². The van der Waals surface area contributed by atoms with Crippen LogP contribution in [0.4, 0.5) is 11.5 Å². The Morgan fingerprint density at radius 2 is 1.67 bits per heavy atom. The lowest BCUT2D eigenvalue weighted by molar-refractivity contribution is -0.857. The van der Waals surface area contributed by atoms with Crippen LogP contribution in [0.5, 0.6) is 0 Å². The molecule has 8 heteroatoms. The van der Waals surface area contributed by atoms with Crippen molar-refractivity contribution in [3.63, 3.8) is 0 Å². The van der Waals surface area contributed by atoms with Gasteiger partial charge in [0, 0.05) is 16.8 Å². The molecular formula is C31H32N5O3+. The molecule has 4 N–H and O–H groups in total. The number of nitrogens with zero attached hydrogens (tertiary/aromatic N) is 2. The Morgan fingerprint density at radius 3 is 2.38 bits per heavy atom. The molecule has 1 atom stereocenters. The number of carbonyl (C=O) groups excluding carboxylic acids is 1. The van der Waals surface area contributed by atoms with E-state index in [1.54, 1.807) is 0 Å². The van der Waals surface area contributed by atoms with Gasteiger partial charge in [0.15, 0.2) is 0 Å². The van der Waals surface area contributed by atoms with E-state index in [4.69, 9.17) is 4.42 Å². The summed E-state index contributed by atoms with van der Waals surface area (Å²) in [7, 11) is 4.05. The van der Waals surface area contributed by atoms with Crippen molar-refractivity contribution in [2.45, 2.75) is 12.5 Å². The highest BCUT2D eigenvalue weighted by Gasteiger charge is 2.24. The molecule has 0 saturated carbocycles. The van der Waals surface area contributed by atoms with E-state index in [1.165, 1.54) is 11.2 Å². The molecule has 0 spiro atoms. The number of quaternary nitrogens is 1. The molecule has 0 saturated heterocycles. The highest BCUT2D eigenvalue weighted by atomic mass is 16.3. The number of rotatable bonds is 10. The van der Waals surface area contributed by atoms with E-state index in [-0.39, 0.29) is 18.6 Å². The molecule has 39 heavy (non-hydrogen) atoms. The first-order valence-electron chi connectivity index (χ1n) is 13.0. The maximum absolute atomic E-state index is 12.6. The number of hydrogen-bond acceptors (Lipinski definition) is 6. The van der Waals surface area contributed by atoms with Crippen LogP contribution in [0.3, 0.4) is 0 Å². The van der Waals surface area contributed by atoms with Crippen LogP contribution in [0.1, 0.15) is 18.0 Å². The molecular weight excluding hydrogens is 490 g/mol. The van der Waals surface area contributed by atoms with Gasteiger partial charge in [0.2, 0.25) is 11.6 Å². The fourth-order valence-corrected chi connectivity index (χ4v) is 4.54. The Labute approximate surface area is 227 Å². The van der Waals surface area contributed by atoms with E-state index in [9.17, 15) is 9.90 Å². The van der Waals surface area contributed by atoms with Gasteiger partial charge in [0.25, 0.3) is 0 Å². The summed E-state index contributed by atoms with van der Waals surface area (Å²) in [5.74, 6) is 1.16. The SMILES string of the molecule is C[NH+](C)CCC(=O)Nc1cccc(-c2c(-c3ccccc3)oc3ncnc(N[C@H](CO)c4ccccc4)c23)c1. The molecule has 0 aliphatic heterocycles. The number of aromatic nitrogens is 2. The summed E-state index contributed by atoms with van der Waals surface area (Å²) in [6, 6.07) is 26.9. The Balaban J connectivity index is 1.61. The van der Waals surface area contributed by atoms with Crippen LogP contribution >= 0.6 is 0 Å². The lowest BCUT2D eigenvalue weighted by Gasteiger charge is -2.18. The first-order chi connectivity index (χ1) is 19.0. The Morgan fingerprint density at radius 1 is 0.949 bits per heavy atom. The molecule has 0 radical (unpaired) electrons. The normalized spacial score (nSPS) is 12.0. The summed E-state index contributed by atoms with van der Waals surface area (Å²) in [4.78, 5) is 22.8. The summed E-state index contributed by atoms with van der Waals surface area (Å²) in [5.41, 5.74) is 4.60. The number of aliphatic hydroxyl groups excluding tert-OH is 1. The zero-order valence-electron chi connectivity index (χ0n) is 22.0. The monoisotopic (exact) mass is 522 g/mol. The standard InChI is InChI=1S/C31H31N5O3/c1-36(2)17-16-26(38)34-24-15-9-14-23(18-24)27-28-30(35-25(19-37)21-10-5-3-6-11-21)32-20-33-31(28)39-29(27)22-12-7-4-8-13-22/h3-15,18,20,25,37H,16-17,19H2,1-2H3,(H,34,38)(H,32,33,35)/p+1/t25-/m1/s1. The van der Waals surface area contributed by atoms with Gasteiger partial charge in [-0.2, -0.15) is 0 Å². The molecule has 3 aromatic carbocycles. The minimum atomic E-state index is -0.378. The number of nitrogens with one attached hydrogen (secondary N) is 3. The molecule has 2 heterocycles. The third kappa shape index (κ3) is 5.98. The van der Waals surface area contributed by atoms with Gasteiger partial charge < -0.3 is 25.1 Å². The van der Waals surface area contributed by atoms with Gasteiger partial charge in [-0.15, -0.1) is 0 Å². The lowest BCUT2D eigenvalue weighted by atomic mass is 9.98. The van der Waals surface area contributed by atoms with Gasteiger partial charge in [-0.3, -0.25) is 4.79 Å². The van der Waals surface area contributed by atoms with Crippen LogP contribution in [-0.4, -0.2) is 48.2 Å². The molecule has 0 unspecified atom stereocenters. The summed E-state index contributed by atoms with van der Waals surface area (Å²) < 4.78 is 6.34. The summed E-state index contributed by atoms with van der Waals surface area (Å²) in [5, 5.41) is 17.3. The van der Waals surface area contributed by atoms with Crippen LogP contribution < -0.4 is 15.5 Å². The van der Waals surface area contributed by atoms with Gasteiger partial charge in [-0.1, -0.05) is 72.8 Å². The Kier molecular flexibility index (Phi) is 7.96. The van der Waals surface area contributed by atoms with Gasteiger partial charge in [0.1, 0.15) is 17.9 Å². The molecule has 0 fully saturated rings. The van der Waals surface area contributed by atoms with Crippen molar-refractivity contribution < 1.29 is 19.2 Å². The molecule has 0 aliphatic rings. The highest BCUT2D eigenvalue weighted by molar-refractivity contribution is 6.06. The number of hydrogen-bond donors (Lipinski definition) is 4. The fraction of sp³-hybridized carbons (Fsp3) is 0.194. The summed E-state index contributed by atoms with van der Waals surface area (Å²) in [6.07, 6.45) is 1.88. The van der Waals surface area contributed by atoms with Gasteiger partial charge in [-0.05, 0) is 23.3 Å². The molecule has 198 valence electrons. The van der Waals surface area contributed by atoms with E-state index in [1.807, 2.05) is 99.0 Å². The minimum Gasteiger partial charge on any atom is -0.437 e. The van der Waals surface area contributed by atoms with E-state index >= 15 is 0 Å². The third-order valence-electron chi connectivity index (χ3n) is 6.51. The van der Waals surface area contributed by atoms with Crippen LogP contribution in [0.2, 0.25) is 0 Å². The van der Waals surface area contributed by atoms with Crippen molar-refractivity contribution in [3.05, 3.63) is 96.8 Å². The first kappa shape index (κ1) is 26.1. The van der Waals surface area contributed by atoms with Gasteiger partial charge >= 0.3 is 0 Å². The van der Waals surface area contributed by atoms with E-state index in [2.05, 4.69) is 20.6 Å².